The van der Waals surface area contributed by atoms with Crippen LogP contribution in [0.5, 0.6) is 5.75 Å². The predicted molar refractivity (Wildman–Crippen MR) is 141 cm³/mol. The third kappa shape index (κ3) is 5.32. The smallest absolute Gasteiger partial charge is 0.273 e. The van der Waals surface area contributed by atoms with Gasteiger partial charge in [-0.2, -0.15) is 0 Å². The van der Waals surface area contributed by atoms with E-state index in [2.05, 4.69) is 30.9 Å². The fraction of sp³-hybridized carbons (Fsp3) is 0.333. The summed E-state index contributed by atoms with van der Waals surface area (Å²) in [7, 11) is 0. The standard InChI is InChI=1S/C27H28BrFN4O3/c1-15-9-18(29)21(30-12-15)14-36-23-10-17(3)33(26(34)25(23)28)22-11-20(31-13-16(22)2)19-7-6-8-24(32-19)27(4,5)35/h6-12,16,35H,13-14H2,1-5H3/t16-/m1/s1. The van der Waals surface area contributed by atoms with E-state index in [1.165, 1.54) is 6.07 Å². The largest absolute Gasteiger partial charge is 0.486 e. The normalized spacial score (nSPS) is 15.9. The summed E-state index contributed by atoms with van der Waals surface area (Å²) >= 11 is 3.38. The lowest BCUT2D eigenvalue weighted by molar-refractivity contribution is 0.0738. The molecule has 0 saturated carbocycles. The van der Waals surface area contributed by atoms with Crippen molar-refractivity contribution >= 4 is 27.3 Å². The number of ether oxygens (including phenoxy) is 1. The first kappa shape index (κ1) is 25.9. The summed E-state index contributed by atoms with van der Waals surface area (Å²) in [6.07, 6.45) is 3.43. The Kier molecular flexibility index (Phi) is 7.24. The number of dihydropyridines is 1. The highest BCUT2D eigenvalue weighted by atomic mass is 79.9. The highest BCUT2D eigenvalue weighted by Gasteiger charge is 2.24. The third-order valence-electron chi connectivity index (χ3n) is 5.94. The highest BCUT2D eigenvalue weighted by Crippen LogP contribution is 2.29. The van der Waals surface area contributed by atoms with Gasteiger partial charge in [-0.05, 0) is 73.5 Å². The quantitative estimate of drug-likeness (QED) is 0.466. The van der Waals surface area contributed by atoms with Crippen LogP contribution in [0.1, 0.15) is 49.1 Å². The Morgan fingerprint density at radius 1 is 1.28 bits per heavy atom. The van der Waals surface area contributed by atoms with Crippen molar-refractivity contribution in [3.63, 3.8) is 0 Å². The first-order valence-corrected chi connectivity index (χ1v) is 12.4. The third-order valence-corrected chi connectivity index (χ3v) is 6.67. The maximum Gasteiger partial charge on any atom is 0.273 e. The van der Waals surface area contributed by atoms with Gasteiger partial charge in [0.25, 0.3) is 5.56 Å². The monoisotopic (exact) mass is 554 g/mol. The molecule has 36 heavy (non-hydrogen) atoms. The summed E-state index contributed by atoms with van der Waals surface area (Å²) in [5.41, 5.74) is 2.73. The molecule has 0 radical (unpaired) electrons. The van der Waals surface area contributed by atoms with Crippen LogP contribution in [0.3, 0.4) is 0 Å². The van der Waals surface area contributed by atoms with Crippen LogP contribution >= 0.6 is 15.9 Å². The topological polar surface area (TPSA) is 89.6 Å². The number of aromatic nitrogens is 3. The van der Waals surface area contributed by atoms with Gasteiger partial charge in [0.05, 0.1) is 17.1 Å². The summed E-state index contributed by atoms with van der Waals surface area (Å²) in [6, 6.07) is 8.56. The van der Waals surface area contributed by atoms with Crippen molar-refractivity contribution in [3.8, 4) is 5.75 Å². The molecule has 4 heterocycles. The van der Waals surface area contributed by atoms with E-state index in [0.29, 0.717) is 35.1 Å². The van der Waals surface area contributed by atoms with Gasteiger partial charge in [0.15, 0.2) is 0 Å². The van der Waals surface area contributed by atoms with Crippen LogP contribution in [0.15, 0.2) is 56.9 Å². The van der Waals surface area contributed by atoms with Crippen LogP contribution in [-0.2, 0) is 12.2 Å². The number of hydrogen-bond acceptors (Lipinski definition) is 6. The second kappa shape index (κ2) is 10.1. The van der Waals surface area contributed by atoms with Gasteiger partial charge in [-0.3, -0.25) is 19.3 Å². The fourth-order valence-corrected chi connectivity index (χ4v) is 4.34. The number of allylic oxidation sites excluding steroid dienone is 1. The lowest BCUT2D eigenvalue weighted by Crippen LogP contribution is -2.29. The minimum atomic E-state index is -1.09. The molecule has 188 valence electrons. The Labute approximate surface area is 217 Å². The van der Waals surface area contributed by atoms with Crippen molar-refractivity contribution in [2.75, 3.05) is 6.54 Å². The molecule has 0 aliphatic carbocycles. The van der Waals surface area contributed by atoms with Gasteiger partial charge >= 0.3 is 0 Å². The molecule has 7 nitrogen and oxygen atoms in total. The zero-order valence-electron chi connectivity index (χ0n) is 20.8. The van der Waals surface area contributed by atoms with Gasteiger partial charge < -0.3 is 9.84 Å². The van der Waals surface area contributed by atoms with E-state index in [1.807, 2.05) is 32.1 Å². The fourth-order valence-electron chi connectivity index (χ4n) is 3.94. The molecule has 0 spiro atoms. The average Bonchev–Trinajstić information content (AvgIpc) is 2.82. The number of aliphatic hydroxyl groups is 1. The van der Waals surface area contributed by atoms with Gasteiger partial charge in [-0.25, -0.2) is 9.37 Å². The number of hydrogen-bond donors (Lipinski definition) is 1. The van der Waals surface area contributed by atoms with Gasteiger partial charge in [0.1, 0.15) is 33.9 Å². The second-order valence-corrected chi connectivity index (χ2v) is 10.3. The Bertz CT molecular complexity index is 1440. The van der Waals surface area contributed by atoms with E-state index in [9.17, 15) is 14.3 Å². The summed E-state index contributed by atoms with van der Waals surface area (Å²) in [4.78, 5) is 26.8. The van der Waals surface area contributed by atoms with Crippen LogP contribution in [-0.4, -0.2) is 31.9 Å². The van der Waals surface area contributed by atoms with Crippen LogP contribution < -0.4 is 10.3 Å². The number of aliphatic imine (C=N–C) groups is 1. The van der Waals surface area contributed by atoms with Gasteiger partial charge in [-0.1, -0.05) is 13.0 Å². The van der Waals surface area contributed by atoms with Crippen LogP contribution in [0.25, 0.3) is 5.70 Å². The lowest BCUT2D eigenvalue weighted by atomic mass is 9.99. The summed E-state index contributed by atoms with van der Waals surface area (Å²) < 4.78 is 21.8. The molecular weight excluding hydrogens is 527 g/mol. The van der Waals surface area contributed by atoms with Gasteiger partial charge in [-0.15, -0.1) is 0 Å². The molecular formula is C27H28BrFN4O3. The molecule has 0 amide bonds. The van der Waals surface area contributed by atoms with Crippen LogP contribution in [0.2, 0.25) is 0 Å². The van der Waals surface area contributed by atoms with E-state index in [4.69, 9.17) is 4.74 Å². The molecule has 9 heteroatoms. The van der Waals surface area contributed by atoms with Crippen molar-refractivity contribution in [2.24, 2.45) is 10.9 Å². The van der Waals surface area contributed by atoms with Crippen molar-refractivity contribution in [2.45, 2.75) is 46.8 Å². The van der Waals surface area contributed by atoms with E-state index in [1.54, 1.807) is 43.7 Å². The molecule has 3 aromatic rings. The summed E-state index contributed by atoms with van der Waals surface area (Å²) in [5.74, 6) is -0.161. The molecule has 0 aromatic carbocycles. The number of nitrogens with zero attached hydrogens (tertiary/aromatic N) is 4. The highest BCUT2D eigenvalue weighted by molar-refractivity contribution is 9.10. The Morgan fingerprint density at radius 3 is 2.72 bits per heavy atom. The maximum atomic E-state index is 14.2. The van der Waals surface area contributed by atoms with E-state index in [0.717, 1.165) is 11.3 Å². The lowest BCUT2D eigenvalue weighted by Gasteiger charge is -2.24. The minimum absolute atomic E-state index is 0.0212. The van der Waals surface area contributed by atoms with Crippen molar-refractivity contribution in [1.29, 1.82) is 0 Å². The summed E-state index contributed by atoms with van der Waals surface area (Å²) in [6.45, 7) is 9.32. The Morgan fingerprint density at radius 2 is 2.03 bits per heavy atom. The maximum absolute atomic E-state index is 14.2. The molecule has 1 aliphatic rings. The first-order valence-electron chi connectivity index (χ1n) is 11.6. The number of pyridine rings is 3. The molecule has 1 atom stereocenters. The van der Waals surface area contributed by atoms with Gasteiger partial charge in [0, 0.05) is 36.1 Å². The van der Waals surface area contributed by atoms with E-state index >= 15 is 0 Å². The molecule has 0 bridgehead atoms. The number of halogens is 2. The summed E-state index contributed by atoms with van der Waals surface area (Å²) in [5, 5.41) is 10.4. The number of rotatable bonds is 6. The second-order valence-electron chi connectivity index (χ2n) is 9.50. The predicted octanol–water partition coefficient (Wildman–Crippen LogP) is 4.94. The SMILES string of the molecule is Cc1cnc(COc2cc(C)n(C3=CC(c4cccc(C(C)(C)O)n4)=NC[C@H]3C)c(=O)c2Br)c(F)c1. The van der Waals surface area contributed by atoms with Crippen molar-refractivity contribution in [1.82, 2.24) is 14.5 Å². The van der Waals surface area contributed by atoms with Crippen LogP contribution in [0.4, 0.5) is 4.39 Å². The first-order chi connectivity index (χ1) is 17.0. The minimum Gasteiger partial charge on any atom is -0.486 e. The Hall–Kier alpha value is -3.17. The van der Waals surface area contributed by atoms with E-state index < -0.39 is 11.4 Å². The van der Waals surface area contributed by atoms with Crippen molar-refractivity contribution in [3.05, 3.63) is 91.6 Å². The van der Waals surface area contributed by atoms with E-state index in [-0.39, 0.29) is 28.3 Å². The molecule has 4 rings (SSSR count). The molecule has 3 aromatic heterocycles. The molecule has 0 saturated heterocycles. The van der Waals surface area contributed by atoms with Gasteiger partial charge in [0.2, 0.25) is 0 Å². The van der Waals surface area contributed by atoms with Crippen LogP contribution in [0, 0.1) is 25.6 Å². The Balaban J connectivity index is 1.68. The zero-order chi connectivity index (χ0) is 26.2. The molecule has 0 fully saturated rings. The zero-order valence-corrected chi connectivity index (χ0v) is 22.4. The van der Waals surface area contributed by atoms with Crippen molar-refractivity contribution < 1.29 is 14.2 Å². The molecule has 1 N–H and O–H groups in total. The number of aryl methyl sites for hydroxylation is 2. The molecule has 0 unspecified atom stereocenters. The average molecular weight is 555 g/mol. The molecule has 1 aliphatic heterocycles.